The molecule has 0 spiro atoms. The zero-order valence-electron chi connectivity index (χ0n) is 20.2. The van der Waals surface area contributed by atoms with Gasteiger partial charge in [-0.2, -0.15) is 0 Å². The van der Waals surface area contributed by atoms with E-state index in [0.29, 0.717) is 36.1 Å². The van der Waals surface area contributed by atoms with Gasteiger partial charge in [-0.15, -0.1) is 11.3 Å². The van der Waals surface area contributed by atoms with Crippen molar-refractivity contribution in [2.75, 3.05) is 26.2 Å². The quantitative estimate of drug-likeness (QED) is 0.550. The third-order valence-electron chi connectivity index (χ3n) is 7.34. The molecule has 184 valence electrons. The lowest BCUT2D eigenvalue weighted by Crippen LogP contribution is -2.46. The van der Waals surface area contributed by atoms with Crippen molar-refractivity contribution in [2.45, 2.75) is 52.0 Å². The first-order chi connectivity index (χ1) is 17.0. The highest BCUT2D eigenvalue weighted by atomic mass is 32.1. The van der Waals surface area contributed by atoms with Crippen molar-refractivity contribution in [2.24, 2.45) is 5.92 Å². The number of carbonyl (C=O) groups excluding carboxylic acids is 2. The fraction of sp³-hybridized carbons (Fsp3) is 0.481. The van der Waals surface area contributed by atoms with Crippen LogP contribution in [0.4, 0.5) is 0 Å². The van der Waals surface area contributed by atoms with Gasteiger partial charge in [-0.3, -0.25) is 19.0 Å². The van der Waals surface area contributed by atoms with Crippen molar-refractivity contribution in [3.8, 4) is 11.1 Å². The topological polar surface area (TPSA) is 75.5 Å². The number of nitrogens with zero attached hydrogens (tertiary/aromatic N) is 4. The Morgan fingerprint density at radius 2 is 1.66 bits per heavy atom. The Bertz CT molecular complexity index is 1260. The maximum atomic E-state index is 13.3. The fourth-order valence-electron chi connectivity index (χ4n) is 5.20. The van der Waals surface area contributed by atoms with Crippen molar-refractivity contribution in [3.05, 3.63) is 51.9 Å². The van der Waals surface area contributed by atoms with Gasteiger partial charge in [0.05, 0.1) is 11.7 Å². The van der Waals surface area contributed by atoms with E-state index in [-0.39, 0.29) is 29.8 Å². The minimum absolute atomic E-state index is 0.000707. The number of hydrogen-bond donors (Lipinski definition) is 0. The van der Waals surface area contributed by atoms with E-state index in [0.717, 1.165) is 42.6 Å². The van der Waals surface area contributed by atoms with Crippen LogP contribution in [-0.4, -0.2) is 57.3 Å². The Morgan fingerprint density at radius 3 is 2.34 bits per heavy atom. The molecule has 0 aliphatic carbocycles. The van der Waals surface area contributed by atoms with Gasteiger partial charge in [0.2, 0.25) is 11.8 Å². The highest BCUT2D eigenvalue weighted by molar-refractivity contribution is 7.17. The number of aromatic nitrogens is 2. The minimum atomic E-state index is -0.189. The summed E-state index contributed by atoms with van der Waals surface area (Å²) in [6.07, 6.45) is 7.44. The maximum Gasteiger partial charge on any atom is 0.263 e. The summed E-state index contributed by atoms with van der Waals surface area (Å²) in [6.45, 7) is 4.84. The summed E-state index contributed by atoms with van der Waals surface area (Å²) in [6, 6.07) is 8.07. The van der Waals surface area contributed by atoms with Crippen LogP contribution < -0.4 is 5.56 Å². The number of thiophene rings is 1. The Kier molecular flexibility index (Phi) is 7.00. The van der Waals surface area contributed by atoms with Crippen LogP contribution in [0.25, 0.3) is 21.3 Å². The second kappa shape index (κ2) is 10.3. The van der Waals surface area contributed by atoms with Crippen molar-refractivity contribution < 1.29 is 9.59 Å². The van der Waals surface area contributed by atoms with Crippen LogP contribution >= 0.6 is 11.3 Å². The zero-order chi connectivity index (χ0) is 24.4. The molecule has 3 aromatic rings. The molecule has 1 aromatic carbocycles. The first kappa shape index (κ1) is 23.7. The molecule has 0 saturated carbocycles. The van der Waals surface area contributed by atoms with Crippen LogP contribution in [-0.2, 0) is 16.1 Å². The number of aryl methyl sites for hydroxylation is 1. The Labute approximate surface area is 209 Å². The van der Waals surface area contributed by atoms with Crippen molar-refractivity contribution in [3.63, 3.8) is 0 Å². The molecule has 35 heavy (non-hydrogen) atoms. The molecule has 2 saturated heterocycles. The molecule has 8 heteroatoms. The molecule has 7 nitrogen and oxygen atoms in total. The van der Waals surface area contributed by atoms with Gasteiger partial charge in [-0.05, 0) is 38.2 Å². The molecule has 2 aliphatic heterocycles. The molecule has 0 radical (unpaired) electrons. The van der Waals surface area contributed by atoms with Crippen LogP contribution in [0.3, 0.4) is 0 Å². The van der Waals surface area contributed by atoms with Crippen LogP contribution in [0.15, 0.2) is 40.8 Å². The molecule has 0 N–H and O–H groups in total. The van der Waals surface area contributed by atoms with Gasteiger partial charge in [0.1, 0.15) is 11.4 Å². The van der Waals surface area contributed by atoms with E-state index in [1.54, 1.807) is 4.90 Å². The minimum Gasteiger partial charge on any atom is -0.342 e. The lowest BCUT2D eigenvalue weighted by Gasteiger charge is -2.34. The molecule has 0 unspecified atom stereocenters. The smallest absolute Gasteiger partial charge is 0.263 e. The molecule has 2 aromatic heterocycles. The molecular weight excluding hydrogens is 460 g/mol. The van der Waals surface area contributed by atoms with Crippen LogP contribution in [0, 0.1) is 12.8 Å². The number of fused-ring (bicyclic) bond motifs is 1. The first-order valence-electron chi connectivity index (χ1n) is 12.6. The van der Waals surface area contributed by atoms with Crippen molar-refractivity contribution in [1.29, 1.82) is 0 Å². The first-order valence-corrected chi connectivity index (χ1v) is 13.5. The van der Waals surface area contributed by atoms with Gasteiger partial charge in [0.15, 0.2) is 0 Å². The lowest BCUT2D eigenvalue weighted by atomic mass is 9.95. The summed E-state index contributed by atoms with van der Waals surface area (Å²) in [7, 11) is 0. The average molecular weight is 493 g/mol. The fourth-order valence-corrected chi connectivity index (χ4v) is 6.10. The predicted octanol–water partition coefficient (Wildman–Crippen LogP) is 4.07. The summed E-state index contributed by atoms with van der Waals surface area (Å²) < 4.78 is 1.42. The number of likely N-dealkylation sites (tertiary alicyclic amines) is 2. The second-order valence-corrected chi connectivity index (χ2v) is 10.6. The summed E-state index contributed by atoms with van der Waals surface area (Å²) >= 11 is 1.44. The molecule has 2 aliphatic rings. The van der Waals surface area contributed by atoms with E-state index in [1.165, 1.54) is 35.1 Å². The predicted molar refractivity (Wildman–Crippen MR) is 138 cm³/mol. The van der Waals surface area contributed by atoms with Crippen molar-refractivity contribution in [1.82, 2.24) is 19.4 Å². The second-order valence-electron chi connectivity index (χ2n) is 9.77. The molecule has 0 bridgehead atoms. The molecular formula is C27H32N4O3S. The molecule has 0 atom stereocenters. The van der Waals surface area contributed by atoms with Crippen LogP contribution in [0.5, 0.6) is 0 Å². The van der Waals surface area contributed by atoms with Gasteiger partial charge < -0.3 is 9.80 Å². The highest BCUT2D eigenvalue weighted by Crippen LogP contribution is 2.30. The number of amides is 2. The van der Waals surface area contributed by atoms with Gasteiger partial charge in [-0.1, -0.05) is 42.7 Å². The Morgan fingerprint density at radius 1 is 0.971 bits per heavy atom. The van der Waals surface area contributed by atoms with Crippen molar-refractivity contribution >= 4 is 33.4 Å². The third kappa shape index (κ3) is 5.03. The zero-order valence-corrected chi connectivity index (χ0v) is 21.1. The third-order valence-corrected chi connectivity index (χ3v) is 8.23. The Hall–Kier alpha value is -3.00. The molecule has 2 amide bonds. The summed E-state index contributed by atoms with van der Waals surface area (Å²) in [5, 5.41) is 2.53. The number of benzene rings is 1. The van der Waals surface area contributed by atoms with E-state index < -0.39 is 0 Å². The molecule has 2 fully saturated rings. The van der Waals surface area contributed by atoms with Gasteiger partial charge >= 0.3 is 0 Å². The summed E-state index contributed by atoms with van der Waals surface area (Å²) in [5.41, 5.74) is 2.80. The SMILES string of the molecule is Cc1ccc(-c2csc3ncn(CC(=O)N4CCC(C(=O)N5CCCCCC5)CC4)c(=O)c23)cc1. The van der Waals surface area contributed by atoms with E-state index >= 15 is 0 Å². The van der Waals surface area contributed by atoms with Gasteiger partial charge in [0, 0.05) is 43.0 Å². The van der Waals surface area contributed by atoms with E-state index in [4.69, 9.17) is 0 Å². The van der Waals surface area contributed by atoms with Gasteiger partial charge in [0.25, 0.3) is 5.56 Å². The summed E-state index contributed by atoms with van der Waals surface area (Å²) in [5.74, 6) is 0.160. The monoisotopic (exact) mass is 492 g/mol. The Balaban J connectivity index is 1.26. The number of rotatable bonds is 4. The van der Waals surface area contributed by atoms with Crippen LogP contribution in [0.1, 0.15) is 44.1 Å². The number of carbonyl (C=O) groups is 2. The largest absolute Gasteiger partial charge is 0.342 e. The van der Waals surface area contributed by atoms with E-state index in [9.17, 15) is 14.4 Å². The molecule has 4 heterocycles. The normalized spacial score (nSPS) is 17.5. The maximum absolute atomic E-state index is 13.3. The number of hydrogen-bond acceptors (Lipinski definition) is 5. The van der Waals surface area contributed by atoms with Gasteiger partial charge in [-0.25, -0.2) is 4.98 Å². The van der Waals surface area contributed by atoms with E-state index in [1.807, 2.05) is 41.5 Å². The number of piperidine rings is 1. The molecule has 5 rings (SSSR count). The lowest BCUT2D eigenvalue weighted by molar-refractivity contribution is -0.141. The summed E-state index contributed by atoms with van der Waals surface area (Å²) in [4.78, 5) is 48.3. The highest BCUT2D eigenvalue weighted by Gasteiger charge is 2.30. The van der Waals surface area contributed by atoms with E-state index in [2.05, 4.69) is 4.98 Å². The average Bonchev–Trinajstić information content (AvgIpc) is 3.12. The standard InChI is InChI=1S/C27H32N4O3S/c1-19-6-8-20(9-7-19)22-17-35-25-24(22)27(34)31(18-28-25)16-23(32)29-14-10-21(11-15-29)26(33)30-12-4-2-3-5-13-30/h6-9,17-18,21H,2-5,10-16H2,1H3. The van der Waals surface area contributed by atoms with Crippen LogP contribution in [0.2, 0.25) is 0 Å².